The van der Waals surface area contributed by atoms with Crippen molar-refractivity contribution in [3.63, 3.8) is 0 Å². The number of nitrogens with zero attached hydrogens (tertiary/aromatic N) is 1. The minimum atomic E-state index is -2.83. The van der Waals surface area contributed by atoms with Gasteiger partial charge in [-0.15, -0.1) is 0 Å². The summed E-state index contributed by atoms with van der Waals surface area (Å²) in [6, 6.07) is 14.2. The summed E-state index contributed by atoms with van der Waals surface area (Å²) in [4.78, 5) is 4.31. The fourth-order valence-corrected chi connectivity index (χ4v) is 2.67. The standard InChI is InChI=1S/C18H19F2N3O2/c19-17(20)25-13-7-5-12(6-8-13)11-22-18(21)23-15-9-10-24-16-4-2-1-3-14(15)16/h1-8,15,17H,9-11H2,(H3,21,22,23). The number of fused-ring (bicyclic) bond motifs is 1. The number of guanidine groups is 1. The molecule has 3 rings (SSSR count). The molecule has 0 aliphatic carbocycles. The highest BCUT2D eigenvalue weighted by Crippen LogP contribution is 2.31. The minimum Gasteiger partial charge on any atom is -0.493 e. The lowest BCUT2D eigenvalue weighted by molar-refractivity contribution is -0.0498. The van der Waals surface area contributed by atoms with Crippen molar-refractivity contribution in [1.82, 2.24) is 5.32 Å². The second kappa shape index (κ2) is 7.83. The maximum absolute atomic E-state index is 12.1. The van der Waals surface area contributed by atoms with Crippen molar-refractivity contribution >= 4 is 5.96 Å². The highest BCUT2D eigenvalue weighted by molar-refractivity contribution is 5.78. The smallest absolute Gasteiger partial charge is 0.387 e. The second-order valence-electron chi connectivity index (χ2n) is 5.60. The third-order valence-corrected chi connectivity index (χ3v) is 3.86. The first-order valence-corrected chi connectivity index (χ1v) is 7.94. The van der Waals surface area contributed by atoms with Crippen LogP contribution in [0.2, 0.25) is 0 Å². The summed E-state index contributed by atoms with van der Waals surface area (Å²) in [5.41, 5.74) is 7.88. The molecule has 7 heteroatoms. The first-order valence-electron chi connectivity index (χ1n) is 7.94. The van der Waals surface area contributed by atoms with Crippen molar-refractivity contribution in [3.05, 3.63) is 59.7 Å². The molecule has 1 aliphatic heterocycles. The van der Waals surface area contributed by atoms with Gasteiger partial charge in [-0.05, 0) is 23.8 Å². The van der Waals surface area contributed by atoms with Crippen LogP contribution in [0.3, 0.4) is 0 Å². The van der Waals surface area contributed by atoms with Crippen LogP contribution in [0.25, 0.3) is 0 Å². The number of benzene rings is 2. The molecule has 0 bridgehead atoms. The van der Waals surface area contributed by atoms with Gasteiger partial charge in [-0.2, -0.15) is 8.78 Å². The van der Waals surface area contributed by atoms with E-state index in [4.69, 9.17) is 10.5 Å². The quantitative estimate of drug-likeness (QED) is 0.644. The van der Waals surface area contributed by atoms with Gasteiger partial charge in [0, 0.05) is 12.0 Å². The maximum atomic E-state index is 12.1. The molecule has 0 spiro atoms. The zero-order valence-electron chi connectivity index (χ0n) is 13.5. The van der Waals surface area contributed by atoms with Gasteiger partial charge in [-0.25, -0.2) is 4.99 Å². The van der Waals surface area contributed by atoms with Gasteiger partial charge in [0.2, 0.25) is 0 Å². The Bertz CT molecular complexity index is 735. The van der Waals surface area contributed by atoms with Gasteiger partial charge in [-0.1, -0.05) is 30.3 Å². The number of halogens is 2. The van der Waals surface area contributed by atoms with Crippen LogP contribution in [0.15, 0.2) is 53.5 Å². The van der Waals surface area contributed by atoms with E-state index in [9.17, 15) is 8.78 Å². The van der Waals surface area contributed by atoms with Crippen molar-refractivity contribution in [3.8, 4) is 11.5 Å². The predicted octanol–water partition coefficient (Wildman–Crippen LogP) is 3.22. The highest BCUT2D eigenvalue weighted by atomic mass is 19.3. The fraction of sp³-hybridized carbons (Fsp3) is 0.278. The summed E-state index contributed by atoms with van der Waals surface area (Å²) in [7, 11) is 0. The second-order valence-corrected chi connectivity index (χ2v) is 5.60. The molecule has 0 aromatic heterocycles. The fourth-order valence-electron chi connectivity index (χ4n) is 2.67. The molecule has 0 amide bonds. The molecule has 1 aliphatic rings. The normalized spacial score (nSPS) is 16.9. The SMILES string of the molecule is NC(=NCc1ccc(OC(F)F)cc1)NC1CCOc2ccccc21. The summed E-state index contributed by atoms with van der Waals surface area (Å²) in [6.45, 7) is -1.86. The third-order valence-electron chi connectivity index (χ3n) is 3.86. The molecule has 25 heavy (non-hydrogen) atoms. The average Bonchev–Trinajstić information content (AvgIpc) is 2.61. The van der Waals surface area contributed by atoms with Crippen molar-refractivity contribution in [2.75, 3.05) is 6.61 Å². The zero-order valence-corrected chi connectivity index (χ0v) is 13.5. The number of hydrogen-bond acceptors (Lipinski definition) is 3. The molecule has 132 valence electrons. The zero-order chi connectivity index (χ0) is 17.6. The maximum Gasteiger partial charge on any atom is 0.387 e. The molecule has 5 nitrogen and oxygen atoms in total. The van der Waals surface area contributed by atoms with Gasteiger partial charge in [0.25, 0.3) is 0 Å². The molecule has 1 heterocycles. The number of aliphatic imine (C=N–C) groups is 1. The Morgan fingerprint density at radius 2 is 2.00 bits per heavy atom. The Morgan fingerprint density at radius 1 is 1.24 bits per heavy atom. The highest BCUT2D eigenvalue weighted by Gasteiger charge is 2.21. The number of ether oxygens (including phenoxy) is 2. The van der Waals surface area contributed by atoms with Gasteiger partial charge >= 0.3 is 6.61 Å². The van der Waals surface area contributed by atoms with Crippen LogP contribution in [0.1, 0.15) is 23.6 Å². The van der Waals surface area contributed by atoms with Gasteiger partial charge in [0.1, 0.15) is 11.5 Å². The van der Waals surface area contributed by atoms with E-state index in [1.165, 1.54) is 12.1 Å². The first-order chi connectivity index (χ1) is 12.1. The minimum absolute atomic E-state index is 0.0514. The number of rotatable bonds is 5. The summed E-state index contributed by atoms with van der Waals surface area (Å²) in [6.07, 6.45) is 0.799. The van der Waals surface area contributed by atoms with E-state index in [2.05, 4.69) is 15.0 Å². The predicted molar refractivity (Wildman–Crippen MR) is 90.8 cm³/mol. The Labute approximate surface area is 144 Å². The number of hydrogen-bond donors (Lipinski definition) is 2. The molecule has 0 fully saturated rings. The molecule has 3 N–H and O–H groups in total. The van der Waals surface area contributed by atoms with E-state index in [-0.39, 0.29) is 11.8 Å². The number of nitrogens with one attached hydrogen (secondary N) is 1. The van der Waals surface area contributed by atoms with Gasteiger partial charge in [-0.3, -0.25) is 0 Å². The molecule has 1 unspecified atom stereocenters. The Kier molecular flexibility index (Phi) is 5.33. The van der Waals surface area contributed by atoms with Gasteiger partial charge in [0.15, 0.2) is 5.96 Å². The van der Waals surface area contributed by atoms with Crippen LogP contribution in [-0.2, 0) is 6.54 Å². The molecule has 1 atom stereocenters. The van der Waals surface area contributed by atoms with E-state index in [0.717, 1.165) is 23.3 Å². The van der Waals surface area contributed by atoms with Crippen LogP contribution < -0.4 is 20.5 Å². The number of alkyl halides is 2. The molecule has 0 saturated heterocycles. The number of para-hydroxylation sites is 1. The van der Waals surface area contributed by atoms with E-state index >= 15 is 0 Å². The van der Waals surface area contributed by atoms with Crippen LogP contribution in [-0.4, -0.2) is 19.2 Å². The topological polar surface area (TPSA) is 68.9 Å². The molecule has 0 saturated carbocycles. The van der Waals surface area contributed by atoms with Crippen LogP contribution in [0.5, 0.6) is 11.5 Å². The van der Waals surface area contributed by atoms with Crippen LogP contribution in [0, 0.1) is 0 Å². The van der Waals surface area contributed by atoms with E-state index in [0.29, 0.717) is 19.1 Å². The molecular weight excluding hydrogens is 328 g/mol. The Hall–Kier alpha value is -2.83. The lowest BCUT2D eigenvalue weighted by atomic mass is 10.0. The number of nitrogens with two attached hydrogens (primary N) is 1. The van der Waals surface area contributed by atoms with Crippen LogP contribution in [0.4, 0.5) is 8.78 Å². The largest absolute Gasteiger partial charge is 0.493 e. The average molecular weight is 347 g/mol. The first kappa shape index (κ1) is 17.0. The molecule has 0 radical (unpaired) electrons. The van der Waals surface area contributed by atoms with E-state index in [1.807, 2.05) is 24.3 Å². The van der Waals surface area contributed by atoms with E-state index < -0.39 is 6.61 Å². The van der Waals surface area contributed by atoms with Gasteiger partial charge < -0.3 is 20.5 Å². The van der Waals surface area contributed by atoms with Crippen molar-refractivity contribution in [2.24, 2.45) is 10.7 Å². The Balaban J connectivity index is 1.59. The molecule has 2 aromatic carbocycles. The van der Waals surface area contributed by atoms with E-state index in [1.54, 1.807) is 12.1 Å². The van der Waals surface area contributed by atoms with Crippen LogP contribution >= 0.6 is 0 Å². The molecule has 2 aromatic rings. The van der Waals surface area contributed by atoms with Crippen molar-refractivity contribution in [2.45, 2.75) is 25.6 Å². The van der Waals surface area contributed by atoms with Crippen molar-refractivity contribution in [1.29, 1.82) is 0 Å². The lowest BCUT2D eigenvalue weighted by Crippen LogP contribution is -2.37. The summed E-state index contributed by atoms with van der Waals surface area (Å²) in [5.74, 6) is 1.30. The summed E-state index contributed by atoms with van der Waals surface area (Å²) < 4.78 is 34.2. The molecular formula is C18H19F2N3O2. The van der Waals surface area contributed by atoms with Crippen molar-refractivity contribution < 1.29 is 18.3 Å². The third kappa shape index (κ3) is 4.59. The monoisotopic (exact) mass is 347 g/mol. The lowest BCUT2D eigenvalue weighted by Gasteiger charge is -2.26. The van der Waals surface area contributed by atoms with Gasteiger partial charge in [0.05, 0.1) is 19.2 Å². The Morgan fingerprint density at radius 3 is 2.76 bits per heavy atom. The summed E-state index contributed by atoms with van der Waals surface area (Å²) in [5, 5.41) is 3.21. The summed E-state index contributed by atoms with van der Waals surface area (Å²) >= 11 is 0.